The average molecular weight is 694 g/mol. The maximum absolute atomic E-state index is 11.0. The van der Waals surface area contributed by atoms with Gasteiger partial charge in [-0.2, -0.15) is 15.3 Å². The number of rotatable bonds is 15. The van der Waals surface area contributed by atoms with Gasteiger partial charge in [0, 0.05) is 0 Å². The molecule has 15 heteroatoms. The van der Waals surface area contributed by atoms with Gasteiger partial charge >= 0.3 is 18.1 Å². The van der Waals surface area contributed by atoms with E-state index in [2.05, 4.69) is 31.6 Å². The van der Waals surface area contributed by atoms with Crippen LogP contribution in [0, 0.1) is 0 Å². The van der Waals surface area contributed by atoms with E-state index >= 15 is 0 Å². The summed E-state index contributed by atoms with van der Waals surface area (Å²) in [4.78, 5) is 32.9. The molecule has 0 bridgehead atoms. The summed E-state index contributed by atoms with van der Waals surface area (Å²) in [5, 5.41) is 11.8. The second kappa shape index (κ2) is 18.0. The van der Waals surface area contributed by atoms with Crippen LogP contribution in [0.2, 0.25) is 0 Å². The van der Waals surface area contributed by atoms with Crippen molar-refractivity contribution in [2.24, 2.45) is 32.5 Å². The zero-order valence-electron chi connectivity index (χ0n) is 28.3. The van der Waals surface area contributed by atoms with Gasteiger partial charge in [0.05, 0.1) is 17.1 Å². The summed E-state index contributed by atoms with van der Waals surface area (Å²) in [7, 11) is 0. The molecule has 15 nitrogen and oxygen atoms in total. The lowest BCUT2D eigenvalue weighted by molar-refractivity contribution is 0.248. The Hall–Kier alpha value is -6.90. The molecule has 0 fully saturated rings. The number of hydrogen-bond donors (Lipinski definition) is 6. The molecule has 0 aliphatic rings. The number of carbonyl (C=O) groups is 3. The van der Waals surface area contributed by atoms with E-state index in [0.717, 1.165) is 33.4 Å². The lowest BCUT2D eigenvalue weighted by Crippen LogP contribution is -2.25. The molecule has 4 aromatic carbocycles. The average Bonchev–Trinajstić information content (AvgIpc) is 3.13. The van der Waals surface area contributed by atoms with Crippen LogP contribution in [0.3, 0.4) is 0 Å². The van der Waals surface area contributed by atoms with E-state index in [9.17, 15) is 14.4 Å². The van der Waals surface area contributed by atoms with Crippen molar-refractivity contribution in [2.75, 3.05) is 0 Å². The largest absolute Gasteiger partial charge is 0.489 e. The van der Waals surface area contributed by atoms with Crippen LogP contribution in [-0.2, 0) is 19.8 Å². The Balaban J connectivity index is 1.47. The number of hydrogen-bond acceptors (Lipinski definition) is 9. The molecule has 0 spiro atoms. The second-order valence-electron chi connectivity index (χ2n) is 11.1. The van der Waals surface area contributed by atoms with Crippen molar-refractivity contribution < 1.29 is 28.6 Å². The van der Waals surface area contributed by atoms with Gasteiger partial charge < -0.3 is 31.4 Å². The van der Waals surface area contributed by atoms with Gasteiger partial charge in [-0.05, 0) is 145 Å². The number of nitrogens with zero attached hydrogens (tertiary/aromatic N) is 3. The van der Waals surface area contributed by atoms with E-state index in [1.165, 1.54) is 0 Å². The van der Waals surface area contributed by atoms with Crippen LogP contribution in [0.1, 0.15) is 54.2 Å². The Kier molecular flexibility index (Phi) is 13.1. The summed E-state index contributed by atoms with van der Waals surface area (Å²) in [6.45, 7) is 6.08. The molecule has 264 valence electrons. The Morgan fingerprint density at radius 2 is 0.706 bits per heavy atom. The highest BCUT2D eigenvalue weighted by Crippen LogP contribution is 2.21. The molecule has 9 N–H and O–H groups in total. The molecule has 0 aliphatic carbocycles. The van der Waals surface area contributed by atoms with Crippen LogP contribution in [0.4, 0.5) is 14.4 Å². The highest BCUT2D eigenvalue weighted by molar-refractivity contribution is 6.00. The van der Waals surface area contributed by atoms with Crippen molar-refractivity contribution >= 4 is 35.2 Å². The number of hydrazone groups is 3. The molecular weight excluding hydrogens is 654 g/mol. The number of ether oxygens (including phenoxy) is 3. The fraction of sp³-hybridized carbons (Fsp3) is 0.167. The molecule has 0 unspecified atom stereocenters. The van der Waals surface area contributed by atoms with Crippen LogP contribution in [0.25, 0.3) is 0 Å². The SMILES string of the molecule is C/C(=N\NC(N)=O)c1ccc(OCc2cc(COc3ccc(/C(C)=N/NC(N)=O)cc3)cc(COc3ccc(/C(C)=N/NC(N)=O)cc3)c2)cc1. The summed E-state index contributed by atoms with van der Waals surface area (Å²) in [5.74, 6) is 1.93. The molecular formula is C36H39N9O6. The normalized spacial score (nSPS) is 11.7. The van der Waals surface area contributed by atoms with Crippen molar-refractivity contribution in [2.45, 2.75) is 40.6 Å². The summed E-state index contributed by atoms with van der Waals surface area (Å²) in [5.41, 5.74) is 28.8. The molecule has 0 saturated carbocycles. The Morgan fingerprint density at radius 1 is 0.471 bits per heavy atom. The maximum atomic E-state index is 11.0. The van der Waals surface area contributed by atoms with Gasteiger partial charge in [0.2, 0.25) is 0 Å². The quantitative estimate of drug-likeness (QED) is 0.0769. The zero-order chi connectivity index (χ0) is 36.8. The maximum Gasteiger partial charge on any atom is 0.332 e. The monoisotopic (exact) mass is 693 g/mol. The van der Waals surface area contributed by atoms with Gasteiger partial charge in [-0.15, -0.1) is 0 Å². The molecule has 0 saturated heterocycles. The zero-order valence-corrected chi connectivity index (χ0v) is 28.3. The van der Waals surface area contributed by atoms with Gasteiger partial charge in [-0.1, -0.05) is 0 Å². The summed E-state index contributed by atoms with van der Waals surface area (Å²) in [6, 6.07) is 25.7. The summed E-state index contributed by atoms with van der Waals surface area (Å²) < 4.78 is 18.3. The molecule has 4 aromatic rings. The Bertz CT molecular complexity index is 1690. The van der Waals surface area contributed by atoms with Crippen LogP contribution in [0.15, 0.2) is 106 Å². The highest BCUT2D eigenvalue weighted by atomic mass is 16.5. The first-order chi connectivity index (χ1) is 24.4. The number of amides is 6. The number of urea groups is 3. The summed E-state index contributed by atoms with van der Waals surface area (Å²) >= 11 is 0. The molecule has 0 atom stereocenters. The molecule has 0 radical (unpaired) electrons. The molecule has 6 amide bonds. The van der Waals surface area contributed by atoms with Crippen molar-refractivity contribution in [3.8, 4) is 17.2 Å². The van der Waals surface area contributed by atoms with Crippen LogP contribution in [0.5, 0.6) is 17.2 Å². The van der Waals surface area contributed by atoms with Crippen molar-refractivity contribution in [1.29, 1.82) is 0 Å². The second-order valence-corrected chi connectivity index (χ2v) is 11.1. The van der Waals surface area contributed by atoms with E-state index in [1.54, 1.807) is 20.8 Å². The first-order valence-corrected chi connectivity index (χ1v) is 15.6. The predicted octanol–water partition coefficient (Wildman–Crippen LogP) is 4.60. The van der Waals surface area contributed by atoms with Crippen molar-refractivity contribution in [1.82, 2.24) is 16.3 Å². The number of benzene rings is 4. The van der Waals surface area contributed by atoms with E-state index in [-0.39, 0.29) is 19.8 Å². The number of primary amides is 3. The van der Waals surface area contributed by atoms with E-state index < -0.39 is 18.1 Å². The van der Waals surface area contributed by atoms with Crippen molar-refractivity contribution in [3.05, 3.63) is 124 Å². The highest BCUT2D eigenvalue weighted by Gasteiger charge is 2.08. The van der Waals surface area contributed by atoms with E-state index in [1.807, 2.05) is 91.0 Å². The smallest absolute Gasteiger partial charge is 0.332 e. The molecule has 51 heavy (non-hydrogen) atoms. The summed E-state index contributed by atoms with van der Waals surface area (Å²) in [6.07, 6.45) is 0. The third kappa shape index (κ3) is 12.2. The van der Waals surface area contributed by atoms with Crippen LogP contribution < -0.4 is 47.7 Å². The number of carbonyl (C=O) groups excluding carboxylic acids is 3. The van der Waals surface area contributed by atoms with Gasteiger partial charge in [-0.3, -0.25) is 0 Å². The minimum absolute atomic E-state index is 0.274. The fourth-order valence-electron chi connectivity index (χ4n) is 4.58. The Labute approximate surface area is 294 Å². The first-order valence-electron chi connectivity index (χ1n) is 15.6. The molecule has 0 heterocycles. The minimum Gasteiger partial charge on any atom is -0.489 e. The van der Waals surface area contributed by atoms with E-state index in [0.29, 0.717) is 34.4 Å². The standard InChI is InChI=1S/C36H39N9O6/c1-22(40-43-34(37)46)28-4-10-31(11-5-28)49-19-25-16-26(20-50-32-12-6-29(7-13-32)23(2)41-44-35(38)47)18-27(17-25)21-51-33-14-8-30(9-15-33)24(3)42-45-36(39)48/h4-18H,19-21H2,1-3H3,(H3,37,43,46)(H3,38,44,47)(H3,39,45,48)/b40-22+,41-23+,42-24+. The predicted molar refractivity (Wildman–Crippen MR) is 194 cm³/mol. The third-order valence-electron chi connectivity index (χ3n) is 7.15. The lowest BCUT2D eigenvalue weighted by Gasteiger charge is -2.14. The van der Waals surface area contributed by atoms with E-state index in [4.69, 9.17) is 31.4 Å². The van der Waals surface area contributed by atoms with Gasteiger partial charge in [0.15, 0.2) is 0 Å². The van der Waals surface area contributed by atoms with Gasteiger partial charge in [-0.25, -0.2) is 30.7 Å². The van der Waals surface area contributed by atoms with Crippen LogP contribution in [-0.4, -0.2) is 35.2 Å². The van der Waals surface area contributed by atoms with Crippen molar-refractivity contribution in [3.63, 3.8) is 0 Å². The van der Waals surface area contributed by atoms with Gasteiger partial charge in [0.25, 0.3) is 0 Å². The van der Waals surface area contributed by atoms with Crippen LogP contribution >= 0.6 is 0 Å². The first kappa shape index (κ1) is 36.9. The number of nitrogens with one attached hydrogen (secondary N) is 3. The third-order valence-corrected chi connectivity index (χ3v) is 7.15. The molecule has 0 aliphatic heterocycles. The van der Waals surface area contributed by atoms with Gasteiger partial charge in [0.1, 0.15) is 37.1 Å². The Morgan fingerprint density at radius 3 is 0.922 bits per heavy atom. The lowest BCUT2D eigenvalue weighted by atomic mass is 10.1. The molecule has 4 rings (SSSR count). The minimum atomic E-state index is -0.740. The topological polar surface area (TPSA) is 230 Å². The molecule has 0 aromatic heterocycles. The fourth-order valence-corrected chi connectivity index (χ4v) is 4.58. The number of nitrogens with two attached hydrogens (primary N) is 3.